The van der Waals surface area contributed by atoms with Gasteiger partial charge in [-0.25, -0.2) is 13.6 Å². The maximum atomic E-state index is 14.3. The molecule has 4 aromatic rings. The van der Waals surface area contributed by atoms with Crippen LogP contribution in [-0.2, 0) is 6.18 Å². The van der Waals surface area contributed by atoms with Crippen molar-refractivity contribution >= 4 is 34.1 Å². The number of fused-ring (bicyclic) bond motifs is 1. The zero-order valence-corrected chi connectivity index (χ0v) is 16.0. The molecule has 0 aliphatic carbocycles. The van der Waals surface area contributed by atoms with Gasteiger partial charge in [0.2, 0.25) is 0 Å². The summed E-state index contributed by atoms with van der Waals surface area (Å²) in [6.07, 6.45) is -4.74. The van der Waals surface area contributed by atoms with E-state index in [0.29, 0.717) is 39.6 Å². The third-order valence-electron chi connectivity index (χ3n) is 4.87. The first-order valence-electron chi connectivity index (χ1n) is 9.06. The lowest BCUT2D eigenvalue weighted by Gasteiger charge is -2.22. The Balaban J connectivity index is 1.79. The summed E-state index contributed by atoms with van der Waals surface area (Å²) in [5.41, 5.74) is 10.6. The van der Waals surface area contributed by atoms with E-state index in [0.717, 1.165) is 0 Å². The van der Waals surface area contributed by atoms with E-state index in [-0.39, 0.29) is 17.0 Å². The lowest BCUT2D eigenvalue weighted by molar-refractivity contribution is -0.137. The van der Waals surface area contributed by atoms with Crippen molar-refractivity contribution in [1.82, 2.24) is 10.2 Å². The van der Waals surface area contributed by atoms with Crippen molar-refractivity contribution in [2.24, 2.45) is 5.73 Å². The first-order valence-corrected chi connectivity index (χ1v) is 9.06. The van der Waals surface area contributed by atoms with Crippen LogP contribution in [0.15, 0.2) is 54.6 Å². The molecule has 0 spiro atoms. The molecule has 0 radical (unpaired) electrons. The molecule has 4 rings (SSSR count). The molecule has 3 aromatic carbocycles. The highest BCUT2D eigenvalue weighted by molar-refractivity contribution is 6.02. The van der Waals surface area contributed by atoms with Gasteiger partial charge in [0, 0.05) is 0 Å². The van der Waals surface area contributed by atoms with Crippen LogP contribution in [0.1, 0.15) is 5.56 Å². The Kier molecular flexibility index (Phi) is 4.96. The van der Waals surface area contributed by atoms with Crippen molar-refractivity contribution in [2.45, 2.75) is 6.18 Å². The van der Waals surface area contributed by atoms with Crippen LogP contribution in [0.5, 0.6) is 0 Å². The van der Waals surface area contributed by atoms with Crippen molar-refractivity contribution in [3.63, 3.8) is 0 Å². The van der Waals surface area contributed by atoms with Gasteiger partial charge in [-0.05, 0) is 47.5 Å². The summed E-state index contributed by atoms with van der Waals surface area (Å²) in [7, 11) is 0. The second-order valence-electron chi connectivity index (χ2n) is 6.84. The fraction of sp³-hybridized carbons (Fsp3) is 0.0476. The predicted molar refractivity (Wildman–Crippen MR) is 109 cm³/mol. The number of nitrogens with two attached hydrogens (primary N) is 2. The normalized spacial score (nSPS) is 11.7. The van der Waals surface area contributed by atoms with Crippen molar-refractivity contribution in [2.75, 3.05) is 10.6 Å². The number of primary amides is 1. The number of nitrogen functional groups attached to an aromatic ring is 1. The zero-order chi connectivity index (χ0) is 23.2. The summed E-state index contributed by atoms with van der Waals surface area (Å²) in [6, 6.07) is 8.95. The third-order valence-corrected chi connectivity index (χ3v) is 4.87. The predicted octanol–water partition coefficient (Wildman–Crippen LogP) is 5.33. The lowest BCUT2D eigenvalue weighted by Crippen LogP contribution is -2.32. The summed E-state index contributed by atoms with van der Waals surface area (Å²) >= 11 is 0. The molecule has 6 nitrogen and oxygen atoms in total. The van der Waals surface area contributed by atoms with Crippen LogP contribution in [0.2, 0.25) is 0 Å². The molecule has 0 atom stereocenters. The Bertz CT molecular complexity index is 1330. The van der Waals surface area contributed by atoms with Crippen molar-refractivity contribution in [3.05, 3.63) is 71.8 Å². The molecule has 11 heteroatoms. The summed E-state index contributed by atoms with van der Waals surface area (Å²) in [5, 5.41) is 6.64. The Labute approximate surface area is 177 Å². The summed E-state index contributed by atoms with van der Waals surface area (Å²) < 4.78 is 67.5. The monoisotopic (exact) mass is 447 g/mol. The van der Waals surface area contributed by atoms with E-state index in [1.165, 1.54) is 36.4 Å². The van der Waals surface area contributed by atoms with E-state index >= 15 is 0 Å². The highest BCUT2D eigenvalue weighted by atomic mass is 19.4. The largest absolute Gasteiger partial charge is 0.416 e. The number of nitrogens with one attached hydrogen (secondary N) is 1. The zero-order valence-electron chi connectivity index (χ0n) is 16.0. The minimum absolute atomic E-state index is 0.0259. The number of aromatic amines is 1. The molecule has 0 unspecified atom stereocenters. The van der Waals surface area contributed by atoms with Gasteiger partial charge in [0.05, 0.1) is 22.3 Å². The number of benzene rings is 3. The molecule has 0 aliphatic heterocycles. The minimum Gasteiger partial charge on any atom is -0.382 e. The molecule has 0 fully saturated rings. The third kappa shape index (κ3) is 3.57. The van der Waals surface area contributed by atoms with Crippen LogP contribution in [0.25, 0.3) is 22.0 Å². The average molecular weight is 447 g/mol. The van der Waals surface area contributed by atoms with E-state index in [1.54, 1.807) is 0 Å². The number of carbonyl (C=O) groups excluding carboxylic acids is 1. The van der Waals surface area contributed by atoms with Crippen LogP contribution >= 0.6 is 0 Å². The van der Waals surface area contributed by atoms with E-state index in [9.17, 15) is 26.7 Å². The Morgan fingerprint density at radius 1 is 0.969 bits per heavy atom. The van der Waals surface area contributed by atoms with Crippen LogP contribution in [0, 0.1) is 11.6 Å². The average Bonchev–Trinajstić information content (AvgIpc) is 3.12. The molecule has 0 saturated carbocycles. The van der Waals surface area contributed by atoms with Gasteiger partial charge in [0.15, 0.2) is 5.82 Å². The number of rotatable bonds is 3. The number of carbonyl (C=O) groups is 1. The van der Waals surface area contributed by atoms with Gasteiger partial charge in [-0.2, -0.15) is 18.3 Å². The van der Waals surface area contributed by atoms with E-state index in [4.69, 9.17) is 11.5 Å². The molecule has 32 heavy (non-hydrogen) atoms. The minimum atomic E-state index is -4.74. The topological polar surface area (TPSA) is 101 Å². The Morgan fingerprint density at radius 2 is 1.62 bits per heavy atom. The van der Waals surface area contributed by atoms with Crippen LogP contribution in [-0.4, -0.2) is 16.2 Å². The van der Waals surface area contributed by atoms with Crippen molar-refractivity contribution < 1.29 is 26.7 Å². The molecular weight excluding hydrogens is 433 g/mol. The lowest BCUT2D eigenvalue weighted by atomic mass is 10.0. The van der Waals surface area contributed by atoms with Crippen LogP contribution in [0.3, 0.4) is 0 Å². The number of anilines is 3. The molecular formula is C21H14F5N5O. The van der Waals surface area contributed by atoms with E-state index in [2.05, 4.69) is 10.2 Å². The highest BCUT2D eigenvalue weighted by Crippen LogP contribution is 2.37. The number of H-pyrrole nitrogens is 1. The standard InChI is InChI=1S/C21H14F5N5O/c22-14-7-3-11(21(24,25)26)9-16(14)31(20(28)32)12-4-1-10(2-5-12)13-6-8-15(23)18-17(13)19(27)30-29-18/h1-9H,(H2,28,32)(H3,27,29,30). The molecule has 0 saturated heterocycles. The number of nitrogens with zero attached hydrogens (tertiary/aromatic N) is 2. The Hall–Kier alpha value is -4.15. The van der Waals surface area contributed by atoms with Gasteiger partial charge in [0.25, 0.3) is 0 Å². The quantitative estimate of drug-likeness (QED) is 0.370. The number of hydrogen-bond acceptors (Lipinski definition) is 3. The van der Waals surface area contributed by atoms with Gasteiger partial charge < -0.3 is 11.5 Å². The number of amides is 2. The maximum Gasteiger partial charge on any atom is 0.416 e. The fourth-order valence-corrected chi connectivity index (χ4v) is 3.40. The summed E-state index contributed by atoms with van der Waals surface area (Å²) in [6.45, 7) is 0. The molecule has 0 bridgehead atoms. The van der Waals surface area contributed by atoms with E-state index < -0.39 is 35.1 Å². The smallest absolute Gasteiger partial charge is 0.382 e. The second-order valence-corrected chi connectivity index (χ2v) is 6.84. The first kappa shape index (κ1) is 21.1. The van der Waals surface area contributed by atoms with Gasteiger partial charge >= 0.3 is 12.2 Å². The number of halogens is 5. The SMILES string of the molecule is NC(=O)N(c1ccc(-c2ccc(F)c3[nH]nc(N)c23)cc1)c1cc(C(F)(F)F)ccc1F. The number of hydrogen-bond donors (Lipinski definition) is 3. The number of aromatic nitrogens is 2. The van der Waals surface area contributed by atoms with Crippen molar-refractivity contribution in [1.29, 1.82) is 0 Å². The van der Waals surface area contributed by atoms with Gasteiger partial charge in [-0.3, -0.25) is 10.00 Å². The van der Waals surface area contributed by atoms with E-state index in [1.807, 2.05) is 0 Å². The molecule has 5 N–H and O–H groups in total. The molecule has 164 valence electrons. The Morgan fingerprint density at radius 3 is 2.25 bits per heavy atom. The van der Waals surface area contributed by atoms with Crippen LogP contribution in [0.4, 0.5) is 43.9 Å². The maximum absolute atomic E-state index is 14.3. The molecule has 0 aliphatic rings. The van der Waals surface area contributed by atoms with Gasteiger partial charge in [0.1, 0.15) is 17.2 Å². The van der Waals surface area contributed by atoms with Crippen molar-refractivity contribution in [3.8, 4) is 11.1 Å². The molecule has 1 aromatic heterocycles. The van der Waals surface area contributed by atoms with Gasteiger partial charge in [-0.15, -0.1) is 0 Å². The second kappa shape index (κ2) is 7.52. The highest BCUT2D eigenvalue weighted by Gasteiger charge is 2.32. The number of urea groups is 1. The molecule has 1 heterocycles. The fourth-order valence-electron chi connectivity index (χ4n) is 3.40. The first-order chi connectivity index (χ1) is 15.1. The summed E-state index contributed by atoms with van der Waals surface area (Å²) in [5.74, 6) is -1.54. The van der Waals surface area contributed by atoms with Gasteiger partial charge in [-0.1, -0.05) is 18.2 Å². The molecule has 2 amide bonds. The van der Waals surface area contributed by atoms with Crippen LogP contribution < -0.4 is 16.4 Å². The summed E-state index contributed by atoms with van der Waals surface area (Å²) in [4.78, 5) is 12.6. The number of alkyl halides is 3.